The number of hydrogen-bond donors (Lipinski definition) is 0. The van der Waals surface area contributed by atoms with Crippen LogP contribution >= 0.6 is 12.2 Å². The third kappa shape index (κ3) is 5.41. The highest BCUT2D eigenvalue weighted by Gasteiger charge is 2.13. The van der Waals surface area contributed by atoms with Crippen molar-refractivity contribution in [2.45, 2.75) is 0 Å². The van der Waals surface area contributed by atoms with Crippen LogP contribution in [0.25, 0.3) is 23.3 Å². The van der Waals surface area contributed by atoms with E-state index in [4.69, 9.17) is 26.1 Å². The van der Waals surface area contributed by atoms with Gasteiger partial charge in [0.25, 0.3) is 0 Å². The Labute approximate surface area is 184 Å². The summed E-state index contributed by atoms with van der Waals surface area (Å²) in [7, 11) is 3.15. The molecule has 1 heterocycles. The molecule has 8 heteroatoms. The van der Waals surface area contributed by atoms with Gasteiger partial charge < -0.3 is 13.9 Å². The van der Waals surface area contributed by atoms with Crippen molar-refractivity contribution in [2.24, 2.45) is 0 Å². The smallest absolute Gasteiger partial charge is 0.242 e. The maximum atomic E-state index is 9.61. The van der Waals surface area contributed by atoms with Crippen LogP contribution in [0.2, 0.25) is 0 Å². The molecule has 1 aromatic heterocycles. The van der Waals surface area contributed by atoms with E-state index < -0.39 is 0 Å². The largest absolute Gasteiger partial charge is 0.497 e. The van der Waals surface area contributed by atoms with Crippen molar-refractivity contribution < 1.29 is 13.9 Å². The van der Waals surface area contributed by atoms with Crippen molar-refractivity contribution in [3.05, 3.63) is 76.2 Å². The van der Waals surface area contributed by atoms with E-state index in [0.717, 1.165) is 11.1 Å². The molecule has 0 saturated carbocycles. The normalized spacial score (nSPS) is 11.4. The minimum atomic E-state index is -0.0389. The molecule has 3 rings (SSSR count). The molecule has 0 radical (unpaired) electrons. The summed E-state index contributed by atoms with van der Waals surface area (Å²) >= 11 is 5.13. The van der Waals surface area contributed by atoms with Crippen LogP contribution in [-0.4, -0.2) is 24.2 Å². The van der Waals surface area contributed by atoms with Gasteiger partial charge in [0.15, 0.2) is 0 Å². The van der Waals surface area contributed by atoms with Crippen molar-refractivity contribution in [3.8, 4) is 23.6 Å². The number of aromatic nitrogens is 2. The molecule has 0 atom stereocenters. The van der Waals surface area contributed by atoms with E-state index in [1.54, 1.807) is 74.9 Å². The highest BCUT2D eigenvalue weighted by Crippen LogP contribution is 2.23. The Bertz CT molecular complexity index is 1180. The Kier molecular flexibility index (Phi) is 6.89. The van der Waals surface area contributed by atoms with E-state index in [9.17, 15) is 10.5 Å². The van der Waals surface area contributed by atoms with Crippen LogP contribution in [0.15, 0.2) is 52.9 Å². The van der Waals surface area contributed by atoms with Crippen LogP contribution in [-0.2, 0) is 0 Å². The van der Waals surface area contributed by atoms with Gasteiger partial charge in [0, 0.05) is 0 Å². The monoisotopic (exact) mass is 428 g/mol. The second kappa shape index (κ2) is 9.97. The number of hydrogen-bond acceptors (Lipinski definition) is 8. The number of nitriles is 2. The lowest BCUT2D eigenvalue weighted by Crippen LogP contribution is -1.97. The van der Waals surface area contributed by atoms with Crippen LogP contribution in [0.3, 0.4) is 0 Å². The zero-order valence-electron chi connectivity index (χ0n) is 16.7. The van der Waals surface area contributed by atoms with Gasteiger partial charge in [-0.15, -0.1) is 0 Å². The third-order valence-electron chi connectivity index (χ3n) is 4.14. The first-order chi connectivity index (χ1) is 15.1. The second-order valence-corrected chi connectivity index (χ2v) is 6.47. The molecule has 0 spiro atoms. The molecule has 7 nitrogen and oxygen atoms in total. The molecule has 0 aliphatic rings. The number of nitrogens with zero attached hydrogens (tertiary/aromatic N) is 4. The molecule has 0 N–H and O–H groups in total. The molecular formula is C23H16N4O3S. The van der Waals surface area contributed by atoms with Gasteiger partial charge in [-0.05, 0) is 59.8 Å². The Morgan fingerprint density at radius 2 is 1.19 bits per heavy atom. The molecule has 0 bridgehead atoms. The second-order valence-electron chi connectivity index (χ2n) is 6.10. The fraction of sp³-hybridized carbons (Fsp3) is 0.0870. The lowest BCUT2D eigenvalue weighted by Gasteiger charge is -2.03. The first-order valence-corrected chi connectivity index (χ1v) is 9.38. The molecule has 0 aliphatic carbocycles. The molecule has 31 heavy (non-hydrogen) atoms. The maximum Gasteiger partial charge on any atom is 0.242 e. The summed E-state index contributed by atoms with van der Waals surface area (Å²) in [5.41, 5.74) is 1.77. The minimum absolute atomic E-state index is 0.0239. The average Bonchev–Trinajstić information content (AvgIpc) is 2.81. The molecule has 152 valence electrons. The Balaban J connectivity index is 2.01. The predicted molar refractivity (Wildman–Crippen MR) is 118 cm³/mol. The van der Waals surface area contributed by atoms with Gasteiger partial charge in [-0.1, -0.05) is 24.3 Å². The molecule has 3 aromatic rings. The SMILES string of the molecule is COc1ccc(/C=C(/C#N)c2nc(=S)nc(/C(C#N)=C/c3ccc(OC)cc3)o2)cc1. The van der Waals surface area contributed by atoms with E-state index in [1.807, 2.05) is 0 Å². The maximum absolute atomic E-state index is 9.61. The summed E-state index contributed by atoms with van der Waals surface area (Å²) in [5.74, 6) is 1.34. The summed E-state index contributed by atoms with van der Waals surface area (Å²) in [6, 6.07) is 18.3. The zero-order valence-corrected chi connectivity index (χ0v) is 17.5. The van der Waals surface area contributed by atoms with Crippen LogP contribution in [0.5, 0.6) is 11.5 Å². The van der Waals surface area contributed by atoms with Crippen LogP contribution in [0, 0.1) is 27.4 Å². The third-order valence-corrected chi connectivity index (χ3v) is 4.33. The summed E-state index contributed by atoms with van der Waals surface area (Å²) < 4.78 is 15.9. The van der Waals surface area contributed by atoms with Gasteiger partial charge in [0.05, 0.1) is 14.2 Å². The first-order valence-electron chi connectivity index (χ1n) is 8.98. The number of benzene rings is 2. The Morgan fingerprint density at radius 1 is 0.806 bits per heavy atom. The lowest BCUT2D eigenvalue weighted by atomic mass is 10.1. The number of allylic oxidation sites excluding steroid dienone is 2. The standard InChI is InChI=1S/C23H16N4O3S/c1-28-19-7-3-15(4-8-19)11-17(13-24)21-26-23(31)27-22(30-21)18(14-25)12-16-5-9-20(29-2)10-6-16/h3-12H,1-2H3/b17-11-,18-12+. The molecule has 0 unspecified atom stereocenters. The topological polar surface area (TPSA) is 105 Å². The lowest BCUT2D eigenvalue weighted by molar-refractivity contribution is 0.414. The fourth-order valence-corrected chi connectivity index (χ4v) is 2.75. The summed E-state index contributed by atoms with van der Waals surface area (Å²) in [6.45, 7) is 0. The fourth-order valence-electron chi connectivity index (χ4n) is 2.58. The van der Waals surface area contributed by atoms with Crippen LogP contribution in [0.4, 0.5) is 0 Å². The highest BCUT2D eigenvalue weighted by molar-refractivity contribution is 7.71. The van der Waals surface area contributed by atoms with E-state index in [-0.39, 0.29) is 27.7 Å². The van der Waals surface area contributed by atoms with Gasteiger partial charge in [-0.3, -0.25) is 0 Å². The quantitative estimate of drug-likeness (QED) is 0.401. The minimum Gasteiger partial charge on any atom is -0.497 e. The van der Waals surface area contributed by atoms with E-state index in [2.05, 4.69) is 22.1 Å². The van der Waals surface area contributed by atoms with Gasteiger partial charge in [-0.25, -0.2) is 0 Å². The summed E-state index contributed by atoms with van der Waals surface area (Å²) in [4.78, 5) is 8.10. The highest BCUT2D eigenvalue weighted by atomic mass is 32.1. The average molecular weight is 428 g/mol. The predicted octanol–water partition coefficient (Wildman–Crippen LogP) is 4.94. The summed E-state index contributed by atoms with van der Waals surface area (Å²) in [5, 5.41) is 19.2. The van der Waals surface area contributed by atoms with Gasteiger partial charge in [0.2, 0.25) is 16.6 Å². The number of rotatable bonds is 6. The number of methoxy groups -OCH3 is 2. The van der Waals surface area contributed by atoms with Crippen molar-refractivity contribution in [3.63, 3.8) is 0 Å². The zero-order chi connectivity index (χ0) is 22.2. The van der Waals surface area contributed by atoms with Crippen molar-refractivity contribution in [1.82, 2.24) is 9.97 Å². The summed E-state index contributed by atoms with van der Waals surface area (Å²) in [6.07, 6.45) is 3.20. The molecule has 0 saturated heterocycles. The molecule has 0 amide bonds. The van der Waals surface area contributed by atoms with Crippen molar-refractivity contribution in [2.75, 3.05) is 14.2 Å². The van der Waals surface area contributed by atoms with Crippen LogP contribution in [0.1, 0.15) is 22.9 Å². The van der Waals surface area contributed by atoms with Crippen molar-refractivity contribution in [1.29, 1.82) is 10.5 Å². The molecule has 0 aliphatic heterocycles. The first kappa shape index (κ1) is 21.4. The van der Waals surface area contributed by atoms with E-state index in [1.165, 1.54) is 0 Å². The Hall–Kier alpha value is -4.27. The van der Waals surface area contributed by atoms with E-state index in [0.29, 0.717) is 11.5 Å². The van der Waals surface area contributed by atoms with E-state index >= 15 is 0 Å². The van der Waals surface area contributed by atoms with Gasteiger partial charge in [-0.2, -0.15) is 20.5 Å². The number of ether oxygens (including phenoxy) is 2. The molecular weight excluding hydrogens is 412 g/mol. The molecule has 0 fully saturated rings. The Morgan fingerprint density at radius 3 is 1.52 bits per heavy atom. The van der Waals surface area contributed by atoms with Crippen LogP contribution < -0.4 is 9.47 Å². The van der Waals surface area contributed by atoms with Crippen molar-refractivity contribution >= 4 is 35.5 Å². The van der Waals surface area contributed by atoms with Gasteiger partial charge in [0.1, 0.15) is 34.8 Å². The van der Waals surface area contributed by atoms with Gasteiger partial charge >= 0.3 is 0 Å². The molecule has 2 aromatic carbocycles.